The molecule has 0 saturated heterocycles. The zero-order valence-corrected chi connectivity index (χ0v) is 14.7. The molecular formula is C17H16ClF3N2O3. The van der Waals surface area contributed by atoms with Crippen LogP contribution in [-0.2, 0) is 6.18 Å². The molecule has 140 valence electrons. The molecule has 0 aliphatic rings. The Morgan fingerprint density at radius 1 is 1.23 bits per heavy atom. The van der Waals surface area contributed by atoms with Crippen molar-refractivity contribution in [1.29, 1.82) is 0 Å². The van der Waals surface area contributed by atoms with Crippen molar-refractivity contribution in [2.45, 2.75) is 13.1 Å². The molecule has 0 fully saturated rings. The molecule has 2 aromatic carbocycles. The Kier molecular flexibility index (Phi) is 6.20. The van der Waals surface area contributed by atoms with Gasteiger partial charge in [-0.15, -0.1) is 0 Å². The molecule has 5 nitrogen and oxygen atoms in total. The van der Waals surface area contributed by atoms with Crippen molar-refractivity contribution in [3.05, 3.63) is 52.5 Å². The van der Waals surface area contributed by atoms with Crippen LogP contribution in [0.15, 0.2) is 36.4 Å². The number of carbonyl (C=O) groups excluding carboxylic acids is 1. The minimum absolute atomic E-state index is 0.0807. The first-order valence-electron chi connectivity index (χ1n) is 7.50. The van der Waals surface area contributed by atoms with E-state index in [1.165, 1.54) is 31.4 Å². The maximum atomic E-state index is 12.7. The van der Waals surface area contributed by atoms with Gasteiger partial charge in [-0.1, -0.05) is 17.7 Å². The second-order valence-corrected chi connectivity index (χ2v) is 5.49. The van der Waals surface area contributed by atoms with Crippen LogP contribution in [0.5, 0.6) is 11.5 Å². The maximum absolute atomic E-state index is 12.7. The lowest BCUT2D eigenvalue weighted by molar-refractivity contribution is -0.137. The Balaban J connectivity index is 2.14. The summed E-state index contributed by atoms with van der Waals surface area (Å²) in [5.74, 6) is -0.0340. The summed E-state index contributed by atoms with van der Waals surface area (Å²) in [5, 5.41) is 0.176. The first-order valence-corrected chi connectivity index (χ1v) is 7.88. The summed E-state index contributed by atoms with van der Waals surface area (Å²) in [7, 11) is 1.40. The molecule has 0 saturated carbocycles. The van der Waals surface area contributed by atoms with Gasteiger partial charge >= 0.3 is 6.18 Å². The third-order valence-electron chi connectivity index (χ3n) is 3.29. The fraction of sp³-hybridized carbons (Fsp3) is 0.235. The van der Waals surface area contributed by atoms with E-state index in [-0.39, 0.29) is 22.0 Å². The van der Waals surface area contributed by atoms with Crippen LogP contribution in [-0.4, -0.2) is 19.6 Å². The number of benzene rings is 2. The summed E-state index contributed by atoms with van der Waals surface area (Å²) in [6, 6.07) is 7.23. The monoisotopic (exact) mass is 388 g/mol. The zero-order valence-electron chi connectivity index (χ0n) is 13.9. The number of rotatable bonds is 6. The van der Waals surface area contributed by atoms with Crippen molar-refractivity contribution in [2.75, 3.05) is 19.1 Å². The summed E-state index contributed by atoms with van der Waals surface area (Å²) >= 11 is 6.09. The Hall–Kier alpha value is -2.61. The highest BCUT2D eigenvalue weighted by Gasteiger charge is 2.30. The second-order valence-electron chi connectivity index (χ2n) is 5.08. The molecule has 0 bridgehead atoms. The van der Waals surface area contributed by atoms with Crippen molar-refractivity contribution in [1.82, 2.24) is 5.43 Å². The molecule has 0 aliphatic carbocycles. The van der Waals surface area contributed by atoms with Crippen LogP contribution in [0.4, 0.5) is 18.9 Å². The number of methoxy groups -OCH3 is 1. The Labute approximate surface area is 153 Å². The number of carbonyl (C=O) groups is 1. The molecule has 0 aromatic heterocycles. The lowest BCUT2D eigenvalue weighted by Gasteiger charge is -2.14. The number of hydrogen-bond acceptors (Lipinski definition) is 4. The number of halogens is 4. The van der Waals surface area contributed by atoms with Crippen molar-refractivity contribution < 1.29 is 27.4 Å². The zero-order chi connectivity index (χ0) is 19.3. The van der Waals surface area contributed by atoms with Gasteiger partial charge < -0.3 is 9.47 Å². The fourth-order valence-electron chi connectivity index (χ4n) is 2.11. The number of hydrazine groups is 1. The number of anilines is 1. The molecule has 26 heavy (non-hydrogen) atoms. The van der Waals surface area contributed by atoms with Gasteiger partial charge in [0, 0.05) is 5.56 Å². The lowest BCUT2D eigenvalue weighted by Crippen LogP contribution is -2.29. The van der Waals surface area contributed by atoms with Crippen molar-refractivity contribution in [2.24, 2.45) is 0 Å². The molecule has 0 spiro atoms. The van der Waals surface area contributed by atoms with Crippen LogP contribution in [0.2, 0.25) is 5.02 Å². The Bertz CT molecular complexity index is 797. The normalized spacial score (nSPS) is 11.0. The van der Waals surface area contributed by atoms with Crippen molar-refractivity contribution >= 4 is 23.2 Å². The topological polar surface area (TPSA) is 59.6 Å². The van der Waals surface area contributed by atoms with Gasteiger partial charge in [0.1, 0.15) is 0 Å². The number of nitrogens with one attached hydrogen (secondary N) is 2. The largest absolute Gasteiger partial charge is 0.493 e. The van der Waals surface area contributed by atoms with Gasteiger partial charge in [0.2, 0.25) is 0 Å². The maximum Gasteiger partial charge on any atom is 0.416 e. The standard InChI is InChI=1S/C17H16ClF3N2O3/c1-3-26-15-13(18)7-10(8-14(15)25-2)16(24)23-22-12-6-4-5-11(9-12)17(19,20)21/h4-9,22H,3H2,1-2H3,(H,23,24). The van der Waals surface area contributed by atoms with Crippen LogP contribution < -0.4 is 20.3 Å². The molecular weight excluding hydrogens is 373 g/mol. The molecule has 2 N–H and O–H groups in total. The summed E-state index contributed by atoms with van der Waals surface area (Å²) in [6.45, 7) is 2.13. The van der Waals surface area contributed by atoms with Gasteiger partial charge in [0.25, 0.3) is 5.91 Å². The van der Waals surface area contributed by atoms with E-state index in [2.05, 4.69) is 10.9 Å². The van der Waals surface area contributed by atoms with Crippen molar-refractivity contribution in [3.63, 3.8) is 0 Å². The molecule has 2 aromatic rings. The summed E-state index contributed by atoms with van der Waals surface area (Å²) in [6.07, 6.45) is -4.47. The Morgan fingerprint density at radius 3 is 2.58 bits per heavy atom. The number of ether oxygens (including phenoxy) is 2. The molecule has 0 aliphatic heterocycles. The molecule has 0 radical (unpaired) electrons. The summed E-state index contributed by atoms with van der Waals surface area (Å²) < 4.78 is 48.6. The number of hydrogen-bond donors (Lipinski definition) is 2. The smallest absolute Gasteiger partial charge is 0.416 e. The van der Waals surface area contributed by atoms with Crippen LogP contribution >= 0.6 is 11.6 Å². The van der Waals surface area contributed by atoms with E-state index in [0.717, 1.165) is 12.1 Å². The lowest BCUT2D eigenvalue weighted by atomic mass is 10.2. The van der Waals surface area contributed by atoms with Crippen LogP contribution in [0.3, 0.4) is 0 Å². The fourth-order valence-corrected chi connectivity index (χ4v) is 2.37. The van der Waals surface area contributed by atoms with Crippen LogP contribution in [0.25, 0.3) is 0 Å². The minimum atomic E-state index is -4.47. The first-order chi connectivity index (χ1) is 12.3. The molecule has 9 heteroatoms. The van der Waals surface area contributed by atoms with E-state index in [9.17, 15) is 18.0 Å². The third-order valence-corrected chi connectivity index (χ3v) is 3.57. The van der Waals surface area contributed by atoms with Gasteiger partial charge in [-0.25, -0.2) is 0 Å². The highest BCUT2D eigenvalue weighted by Crippen LogP contribution is 2.36. The van der Waals surface area contributed by atoms with E-state index in [0.29, 0.717) is 12.4 Å². The summed E-state index contributed by atoms with van der Waals surface area (Å²) in [4.78, 5) is 12.2. The SMILES string of the molecule is CCOc1c(Cl)cc(C(=O)NNc2cccc(C(F)(F)F)c2)cc1OC. The quantitative estimate of drug-likeness (QED) is 0.714. The molecule has 0 unspecified atom stereocenters. The number of alkyl halides is 3. The van der Waals surface area contributed by atoms with Crippen molar-refractivity contribution in [3.8, 4) is 11.5 Å². The van der Waals surface area contributed by atoms with Crippen LogP contribution in [0.1, 0.15) is 22.8 Å². The van der Waals surface area contributed by atoms with Gasteiger partial charge in [0.05, 0.1) is 30.0 Å². The van der Waals surface area contributed by atoms with Gasteiger partial charge in [-0.2, -0.15) is 13.2 Å². The van der Waals surface area contributed by atoms with Crippen LogP contribution in [0, 0.1) is 0 Å². The molecule has 0 atom stereocenters. The van der Waals surface area contributed by atoms with E-state index in [1.54, 1.807) is 6.92 Å². The van der Waals surface area contributed by atoms with Gasteiger partial charge in [-0.3, -0.25) is 15.6 Å². The minimum Gasteiger partial charge on any atom is -0.493 e. The average Bonchev–Trinajstić information content (AvgIpc) is 2.60. The predicted octanol–water partition coefficient (Wildman–Crippen LogP) is 4.52. The third kappa shape index (κ3) is 4.72. The molecule has 1 amide bonds. The molecule has 2 rings (SSSR count). The second kappa shape index (κ2) is 8.18. The van der Waals surface area contributed by atoms with E-state index in [4.69, 9.17) is 21.1 Å². The van der Waals surface area contributed by atoms with Gasteiger partial charge in [-0.05, 0) is 37.3 Å². The predicted molar refractivity (Wildman–Crippen MR) is 91.7 cm³/mol. The molecule has 0 heterocycles. The summed E-state index contributed by atoms with van der Waals surface area (Å²) in [5.41, 5.74) is 4.15. The highest BCUT2D eigenvalue weighted by molar-refractivity contribution is 6.32. The number of amides is 1. The Morgan fingerprint density at radius 2 is 1.96 bits per heavy atom. The van der Waals surface area contributed by atoms with Gasteiger partial charge in [0.15, 0.2) is 11.5 Å². The average molecular weight is 389 g/mol. The highest BCUT2D eigenvalue weighted by atomic mass is 35.5. The van der Waals surface area contributed by atoms with E-state index in [1.807, 2.05) is 0 Å². The van der Waals surface area contributed by atoms with E-state index < -0.39 is 17.6 Å². The van der Waals surface area contributed by atoms with E-state index >= 15 is 0 Å². The first kappa shape index (κ1) is 19.7.